The molecule has 0 aromatic carbocycles. The van der Waals surface area contributed by atoms with Gasteiger partial charge in [-0.1, -0.05) is 13.8 Å². The van der Waals surface area contributed by atoms with E-state index in [4.69, 9.17) is 0 Å². The smallest absolute Gasteiger partial charge is 0.322 e. The van der Waals surface area contributed by atoms with E-state index in [1.165, 1.54) is 0 Å². The van der Waals surface area contributed by atoms with Gasteiger partial charge in [-0.15, -0.1) is 11.8 Å². The van der Waals surface area contributed by atoms with Crippen molar-refractivity contribution >= 4 is 29.6 Å². The molecule has 1 atom stereocenters. The van der Waals surface area contributed by atoms with Crippen molar-refractivity contribution in [1.29, 1.82) is 0 Å². The molecule has 7 heteroatoms. The molecule has 2 saturated heterocycles. The molecule has 106 valence electrons. The van der Waals surface area contributed by atoms with Crippen LogP contribution in [0.1, 0.15) is 26.7 Å². The van der Waals surface area contributed by atoms with Crippen molar-refractivity contribution in [2.24, 2.45) is 0 Å². The molecule has 2 rings (SSSR count). The Hall–Kier alpha value is -1.24. The van der Waals surface area contributed by atoms with Crippen LogP contribution in [0.15, 0.2) is 0 Å². The van der Waals surface area contributed by atoms with Crippen LogP contribution in [0.2, 0.25) is 0 Å². The molecule has 1 unspecified atom stereocenters. The van der Waals surface area contributed by atoms with E-state index >= 15 is 0 Å². The maximum Gasteiger partial charge on any atom is 0.322 e. The van der Waals surface area contributed by atoms with Gasteiger partial charge in [0, 0.05) is 6.54 Å². The second kappa shape index (κ2) is 5.40. The minimum Gasteiger partial charge on any atom is -0.339 e. The molecule has 2 heterocycles. The Morgan fingerprint density at radius 2 is 2.21 bits per heavy atom. The van der Waals surface area contributed by atoms with Crippen molar-refractivity contribution in [3.05, 3.63) is 0 Å². The van der Waals surface area contributed by atoms with Crippen molar-refractivity contribution in [1.82, 2.24) is 15.5 Å². The minimum atomic E-state index is -0.909. The van der Waals surface area contributed by atoms with Gasteiger partial charge >= 0.3 is 6.03 Å². The Morgan fingerprint density at radius 3 is 2.79 bits per heavy atom. The molecule has 4 amide bonds. The number of piperidine rings is 1. The molecule has 0 saturated carbocycles. The number of nitrogens with zero attached hydrogens (tertiary/aromatic N) is 1. The topological polar surface area (TPSA) is 78.5 Å². The number of carbonyl (C=O) groups excluding carboxylic acids is 3. The van der Waals surface area contributed by atoms with Gasteiger partial charge in [0.05, 0.1) is 12.3 Å². The first-order valence-electron chi connectivity index (χ1n) is 6.46. The van der Waals surface area contributed by atoms with Crippen LogP contribution in [0.5, 0.6) is 0 Å². The molecule has 0 radical (unpaired) electrons. The lowest BCUT2D eigenvalue weighted by Crippen LogP contribution is -2.59. The fourth-order valence-corrected chi connectivity index (χ4v) is 3.07. The van der Waals surface area contributed by atoms with Crippen LogP contribution in [0, 0.1) is 0 Å². The Kier molecular flexibility index (Phi) is 4.03. The zero-order valence-electron chi connectivity index (χ0n) is 11.2. The van der Waals surface area contributed by atoms with E-state index in [2.05, 4.69) is 10.6 Å². The number of thioether (sulfide) groups is 1. The van der Waals surface area contributed by atoms with E-state index in [0.29, 0.717) is 24.0 Å². The Bertz CT molecular complexity index is 413. The monoisotopic (exact) mass is 285 g/mol. The van der Waals surface area contributed by atoms with E-state index < -0.39 is 11.6 Å². The van der Waals surface area contributed by atoms with Gasteiger partial charge in [0.1, 0.15) is 5.54 Å². The largest absolute Gasteiger partial charge is 0.339 e. The van der Waals surface area contributed by atoms with Crippen LogP contribution in [-0.4, -0.2) is 52.4 Å². The molecular weight excluding hydrogens is 266 g/mol. The molecule has 6 nitrogen and oxygen atoms in total. The zero-order valence-corrected chi connectivity index (χ0v) is 12.0. The van der Waals surface area contributed by atoms with Gasteiger partial charge in [-0.05, 0) is 18.1 Å². The SMILES string of the molecule is CC(C)SCC(=O)N1CCCC2(C1)NC(=O)NC2=O. The first kappa shape index (κ1) is 14.2. The summed E-state index contributed by atoms with van der Waals surface area (Å²) in [5.74, 6) is 0.141. The lowest BCUT2D eigenvalue weighted by Gasteiger charge is -2.38. The second-order valence-corrected chi connectivity index (χ2v) is 6.83. The number of hydrogen-bond donors (Lipinski definition) is 2. The van der Waals surface area contributed by atoms with Crippen LogP contribution in [0.3, 0.4) is 0 Å². The predicted molar refractivity (Wildman–Crippen MR) is 72.8 cm³/mol. The molecule has 0 aromatic heterocycles. The Balaban J connectivity index is 1.99. The number of urea groups is 1. The number of imide groups is 1. The second-order valence-electron chi connectivity index (χ2n) is 5.27. The Labute approximate surface area is 116 Å². The number of hydrogen-bond acceptors (Lipinski definition) is 4. The highest BCUT2D eigenvalue weighted by atomic mass is 32.2. The molecule has 1 spiro atoms. The number of amides is 4. The summed E-state index contributed by atoms with van der Waals surface area (Å²) in [7, 11) is 0. The van der Waals surface area contributed by atoms with Gasteiger partial charge in [0.2, 0.25) is 5.91 Å². The van der Waals surface area contributed by atoms with Gasteiger partial charge < -0.3 is 10.2 Å². The van der Waals surface area contributed by atoms with Gasteiger partial charge in [0.25, 0.3) is 5.91 Å². The van der Waals surface area contributed by atoms with E-state index in [1.807, 2.05) is 13.8 Å². The molecule has 2 fully saturated rings. The zero-order chi connectivity index (χ0) is 14.0. The van der Waals surface area contributed by atoms with E-state index in [9.17, 15) is 14.4 Å². The molecule has 0 bridgehead atoms. The van der Waals surface area contributed by atoms with Crippen LogP contribution in [0.4, 0.5) is 4.79 Å². The van der Waals surface area contributed by atoms with Gasteiger partial charge in [-0.2, -0.15) is 0 Å². The number of carbonyl (C=O) groups is 3. The van der Waals surface area contributed by atoms with Gasteiger partial charge in [-0.25, -0.2) is 4.79 Å². The lowest BCUT2D eigenvalue weighted by atomic mass is 9.89. The lowest BCUT2D eigenvalue weighted by molar-refractivity contribution is -0.134. The Morgan fingerprint density at radius 1 is 1.47 bits per heavy atom. The summed E-state index contributed by atoms with van der Waals surface area (Å²) < 4.78 is 0. The third kappa shape index (κ3) is 3.02. The highest BCUT2D eigenvalue weighted by Crippen LogP contribution is 2.25. The molecule has 2 aliphatic heterocycles. The maximum atomic E-state index is 12.1. The number of rotatable bonds is 3. The van der Waals surface area contributed by atoms with Crippen molar-refractivity contribution in [3.63, 3.8) is 0 Å². The van der Waals surface area contributed by atoms with Gasteiger partial charge in [-0.3, -0.25) is 14.9 Å². The predicted octanol–water partition coefficient (Wildman–Crippen LogP) is 0.329. The maximum absolute atomic E-state index is 12.1. The van der Waals surface area contributed by atoms with Crippen molar-refractivity contribution < 1.29 is 14.4 Å². The normalized spacial score (nSPS) is 26.8. The summed E-state index contributed by atoms with van der Waals surface area (Å²) in [6.07, 6.45) is 1.32. The molecule has 0 aromatic rings. The van der Waals surface area contributed by atoms with Crippen molar-refractivity contribution in [2.45, 2.75) is 37.5 Å². The highest BCUT2D eigenvalue weighted by molar-refractivity contribution is 8.00. The molecule has 0 aliphatic carbocycles. The quantitative estimate of drug-likeness (QED) is 0.732. The average molecular weight is 285 g/mol. The molecular formula is C12H19N3O3S. The summed E-state index contributed by atoms with van der Waals surface area (Å²) in [5.41, 5.74) is -0.909. The summed E-state index contributed by atoms with van der Waals surface area (Å²) in [5, 5.41) is 5.32. The van der Waals surface area contributed by atoms with Crippen LogP contribution in [-0.2, 0) is 9.59 Å². The van der Waals surface area contributed by atoms with Crippen LogP contribution >= 0.6 is 11.8 Å². The molecule has 2 aliphatic rings. The summed E-state index contributed by atoms with van der Waals surface area (Å²) >= 11 is 1.59. The first-order valence-corrected chi connectivity index (χ1v) is 7.51. The summed E-state index contributed by atoms with van der Waals surface area (Å²) in [6.45, 7) is 5.02. The average Bonchev–Trinajstić information content (AvgIpc) is 2.61. The highest BCUT2D eigenvalue weighted by Gasteiger charge is 2.49. The number of likely N-dealkylation sites (tertiary alicyclic amines) is 1. The number of nitrogens with one attached hydrogen (secondary N) is 2. The first-order chi connectivity index (χ1) is 8.93. The van der Waals surface area contributed by atoms with Crippen LogP contribution < -0.4 is 10.6 Å². The van der Waals surface area contributed by atoms with Crippen molar-refractivity contribution in [3.8, 4) is 0 Å². The summed E-state index contributed by atoms with van der Waals surface area (Å²) in [4.78, 5) is 36.9. The van der Waals surface area contributed by atoms with E-state index in [0.717, 1.165) is 6.42 Å². The fraction of sp³-hybridized carbons (Fsp3) is 0.750. The third-order valence-corrected chi connectivity index (χ3v) is 4.48. The minimum absolute atomic E-state index is 0.0340. The standard InChI is InChI=1S/C12H19N3O3S/c1-8(2)19-6-9(16)15-5-3-4-12(7-15)10(17)13-11(18)14-12/h8H,3-7H2,1-2H3,(H2,13,14,17,18). The third-order valence-electron chi connectivity index (χ3n) is 3.40. The molecule has 2 N–H and O–H groups in total. The summed E-state index contributed by atoms with van der Waals surface area (Å²) in [6, 6.07) is -0.462. The van der Waals surface area contributed by atoms with E-state index in [1.54, 1.807) is 16.7 Å². The van der Waals surface area contributed by atoms with Crippen molar-refractivity contribution in [2.75, 3.05) is 18.8 Å². The van der Waals surface area contributed by atoms with E-state index in [-0.39, 0.29) is 18.4 Å². The van der Waals surface area contributed by atoms with Crippen LogP contribution in [0.25, 0.3) is 0 Å². The van der Waals surface area contributed by atoms with Gasteiger partial charge in [0.15, 0.2) is 0 Å². The molecule has 19 heavy (non-hydrogen) atoms. The fourth-order valence-electron chi connectivity index (χ4n) is 2.41.